The number of para-hydroxylation sites is 1. The van der Waals surface area contributed by atoms with Gasteiger partial charge in [-0.3, -0.25) is 9.36 Å². The van der Waals surface area contributed by atoms with Crippen LogP contribution in [0.15, 0.2) is 88.3 Å². The summed E-state index contributed by atoms with van der Waals surface area (Å²) in [5.41, 5.74) is 2.30. The molecule has 0 aliphatic carbocycles. The summed E-state index contributed by atoms with van der Waals surface area (Å²) < 4.78 is 24.7. The van der Waals surface area contributed by atoms with Gasteiger partial charge < -0.3 is 18.9 Å². The summed E-state index contributed by atoms with van der Waals surface area (Å²) in [6, 6.07) is 19.5. The number of carbonyl (C=O) groups excluding carboxylic acids is 1. The highest BCUT2D eigenvalue weighted by Crippen LogP contribution is 2.35. The molecule has 1 atom stereocenters. The van der Waals surface area contributed by atoms with Crippen LogP contribution < -0.4 is 29.1 Å². The van der Waals surface area contributed by atoms with Crippen molar-refractivity contribution in [1.29, 1.82) is 0 Å². The van der Waals surface area contributed by atoms with Crippen LogP contribution in [0, 0.1) is 0 Å². The van der Waals surface area contributed by atoms with E-state index in [1.54, 1.807) is 18.2 Å². The van der Waals surface area contributed by atoms with Crippen molar-refractivity contribution in [3.63, 3.8) is 0 Å². The van der Waals surface area contributed by atoms with Crippen molar-refractivity contribution in [2.45, 2.75) is 26.5 Å². The second-order valence-electron chi connectivity index (χ2n) is 9.20. The average molecular weight is 605 g/mol. The minimum atomic E-state index is -0.776. The molecule has 1 aliphatic heterocycles. The zero-order valence-corrected chi connectivity index (χ0v) is 24.9. The third-order valence-electron chi connectivity index (χ3n) is 6.52. The van der Waals surface area contributed by atoms with Crippen LogP contribution in [-0.2, 0) is 16.1 Å². The van der Waals surface area contributed by atoms with Crippen LogP contribution >= 0.6 is 22.9 Å². The second-order valence-corrected chi connectivity index (χ2v) is 10.6. The molecule has 3 aromatic carbocycles. The van der Waals surface area contributed by atoms with E-state index in [0.29, 0.717) is 57.0 Å². The first-order chi connectivity index (χ1) is 20.4. The molecule has 1 aliphatic rings. The number of esters is 1. The minimum Gasteiger partial charge on any atom is -0.490 e. The highest BCUT2D eigenvalue weighted by Gasteiger charge is 2.31. The molecule has 0 fully saturated rings. The Morgan fingerprint density at radius 2 is 1.71 bits per heavy atom. The molecule has 4 aromatic rings. The second kappa shape index (κ2) is 13.1. The highest BCUT2D eigenvalue weighted by molar-refractivity contribution is 7.07. The number of ether oxygens (including phenoxy) is 4. The van der Waals surface area contributed by atoms with Gasteiger partial charge in [0.05, 0.1) is 36.5 Å². The molecule has 10 heteroatoms. The Morgan fingerprint density at radius 1 is 0.976 bits per heavy atom. The standard InChI is InChI=1S/C32H29ClN2O6S/c1-4-39-26-15-12-22(16-27(26)40-5-2)29-24(31(37)38-3)18-34-32-35(29)30(36)28(42-32)17-21-8-6-7-9-25(21)41-19-20-10-13-23(33)14-11-20/h6-18,29H,4-5,19H2,1-3H3/b28-17+/t29-/m1/s1. The molecule has 0 saturated heterocycles. The maximum Gasteiger partial charge on any atom is 0.337 e. The summed E-state index contributed by atoms with van der Waals surface area (Å²) in [5, 5.41) is 0.655. The van der Waals surface area contributed by atoms with Gasteiger partial charge in [0.2, 0.25) is 0 Å². The van der Waals surface area contributed by atoms with Gasteiger partial charge in [0, 0.05) is 16.8 Å². The van der Waals surface area contributed by atoms with Crippen LogP contribution in [0.4, 0.5) is 0 Å². The molecule has 8 nitrogen and oxygen atoms in total. The summed E-state index contributed by atoms with van der Waals surface area (Å²) in [6.07, 6.45) is 3.25. The van der Waals surface area contributed by atoms with E-state index in [1.165, 1.54) is 29.2 Å². The fourth-order valence-electron chi connectivity index (χ4n) is 4.60. The molecular formula is C32H29ClN2O6S. The van der Waals surface area contributed by atoms with Crippen LogP contribution in [-0.4, -0.2) is 30.9 Å². The Bertz CT molecular complexity index is 1810. The minimum absolute atomic E-state index is 0.231. The van der Waals surface area contributed by atoms with Gasteiger partial charge in [-0.2, -0.15) is 0 Å². The molecule has 0 saturated carbocycles. The van der Waals surface area contributed by atoms with Crippen molar-refractivity contribution in [2.24, 2.45) is 4.99 Å². The first-order valence-corrected chi connectivity index (χ1v) is 14.6. The predicted octanol–water partition coefficient (Wildman–Crippen LogP) is 5.05. The molecule has 0 bridgehead atoms. The number of methoxy groups -OCH3 is 1. The molecule has 0 spiro atoms. The first kappa shape index (κ1) is 29.2. The SMILES string of the molecule is CCOc1ccc([C@@H]2C(C(=O)OC)=CN=c3s/c(=C/c4ccccc4OCc4ccc(Cl)cc4)c(=O)n32)cc1OCC. The number of halogens is 1. The van der Waals surface area contributed by atoms with E-state index in [0.717, 1.165) is 11.1 Å². The quantitative estimate of drug-likeness (QED) is 0.236. The zero-order valence-electron chi connectivity index (χ0n) is 23.3. The van der Waals surface area contributed by atoms with Gasteiger partial charge in [-0.05, 0) is 61.4 Å². The van der Waals surface area contributed by atoms with Crippen LogP contribution in [0.2, 0.25) is 5.02 Å². The number of aromatic nitrogens is 1. The smallest absolute Gasteiger partial charge is 0.337 e. The first-order valence-electron chi connectivity index (χ1n) is 13.4. The maximum absolute atomic E-state index is 14.0. The third-order valence-corrected chi connectivity index (χ3v) is 7.77. The van der Waals surface area contributed by atoms with Crippen molar-refractivity contribution in [1.82, 2.24) is 4.57 Å². The summed E-state index contributed by atoms with van der Waals surface area (Å²) in [4.78, 5) is 31.7. The Hall–Kier alpha value is -4.34. The van der Waals surface area contributed by atoms with Crippen molar-refractivity contribution in [3.05, 3.63) is 120 Å². The molecule has 1 aromatic heterocycles. The predicted molar refractivity (Wildman–Crippen MR) is 162 cm³/mol. The van der Waals surface area contributed by atoms with Crippen LogP contribution in [0.1, 0.15) is 36.6 Å². The number of hydrogen-bond acceptors (Lipinski definition) is 8. The van der Waals surface area contributed by atoms with E-state index in [1.807, 2.05) is 68.4 Å². The topological polar surface area (TPSA) is 88.4 Å². The van der Waals surface area contributed by atoms with E-state index >= 15 is 0 Å². The Morgan fingerprint density at radius 3 is 2.45 bits per heavy atom. The molecule has 5 rings (SSSR count). The molecule has 0 radical (unpaired) electrons. The Balaban J connectivity index is 1.57. The lowest BCUT2D eigenvalue weighted by Gasteiger charge is -2.23. The lowest BCUT2D eigenvalue weighted by Crippen LogP contribution is -2.39. The van der Waals surface area contributed by atoms with Crippen LogP contribution in [0.3, 0.4) is 0 Å². The molecule has 216 valence electrons. The fourth-order valence-corrected chi connectivity index (χ4v) is 5.69. The van der Waals surface area contributed by atoms with Gasteiger partial charge in [0.25, 0.3) is 5.56 Å². The summed E-state index contributed by atoms with van der Waals surface area (Å²) in [6.45, 7) is 4.99. The van der Waals surface area contributed by atoms with Crippen LogP contribution in [0.25, 0.3) is 6.08 Å². The van der Waals surface area contributed by atoms with Crippen molar-refractivity contribution in [2.75, 3.05) is 20.3 Å². The number of carbonyl (C=O) groups is 1. The van der Waals surface area contributed by atoms with Crippen molar-refractivity contribution in [3.8, 4) is 17.2 Å². The van der Waals surface area contributed by atoms with Crippen LogP contribution in [0.5, 0.6) is 17.2 Å². The number of fused-ring (bicyclic) bond motifs is 1. The number of hydrogen-bond donors (Lipinski definition) is 0. The molecular weight excluding hydrogens is 576 g/mol. The normalized spacial score (nSPS) is 14.4. The average Bonchev–Trinajstić information content (AvgIpc) is 3.32. The van der Waals surface area contributed by atoms with Gasteiger partial charge in [0.1, 0.15) is 12.4 Å². The van der Waals surface area contributed by atoms with E-state index in [4.69, 9.17) is 30.5 Å². The Kier molecular flexibility index (Phi) is 9.09. The number of nitrogens with zero attached hydrogens (tertiary/aromatic N) is 2. The van der Waals surface area contributed by atoms with Gasteiger partial charge in [0.15, 0.2) is 16.3 Å². The number of rotatable bonds is 10. The lowest BCUT2D eigenvalue weighted by molar-refractivity contribution is -0.136. The summed E-state index contributed by atoms with van der Waals surface area (Å²) in [7, 11) is 1.30. The van der Waals surface area contributed by atoms with Crippen molar-refractivity contribution >= 4 is 35.0 Å². The number of thiazole rings is 1. The van der Waals surface area contributed by atoms with E-state index in [-0.39, 0.29) is 11.1 Å². The molecule has 2 heterocycles. The third kappa shape index (κ3) is 6.12. The monoisotopic (exact) mass is 604 g/mol. The fraction of sp³-hybridized carbons (Fsp3) is 0.219. The van der Waals surface area contributed by atoms with Gasteiger partial charge in [-0.1, -0.05) is 59.3 Å². The molecule has 0 amide bonds. The number of benzene rings is 3. The van der Waals surface area contributed by atoms with E-state index < -0.39 is 12.0 Å². The van der Waals surface area contributed by atoms with Crippen molar-refractivity contribution < 1.29 is 23.7 Å². The van der Waals surface area contributed by atoms with Gasteiger partial charge in [-0.15, -0.1) is 0 Å². The maximum atomic E-state index is 14.0. The largest absolute Gasteiger partial charge is 0.490 e. The summed E-state index contributed by atoms with van der Waals surface area (Å²) in [5.74, 6) is 1.14. The molecule has 42 heavy (non-hydrogen) atoms. The Labute approximate surface area is 251 Å². The lowest BCUT2D eigenvalue weighted by atomic mass is 9.97. The zero-order chi connectivity index (χ0) is 29.6. The van der Waals surface area contributed by atoms with Gasteiger partial charge >= 0.3 is 5.97 Å². The molecule has 0 unspecified atom stereocenters. The highest BCUT2D eigenvalue weighted by atomic mass is 35.5. The van der Waals surface area contributed by atoms with E-state index in [2.05, 4.69) is 4.99 Å². The van der Waals surface area contributed by atoms with Gasteiger partial charge in [-0.25, -0.2) is 9.79 Å². The molecule has 0 N–H and O–H groups in total. The summed E-state index contributed by atoms with van der Waals surface area (Å²) >= 11 is 7.23. The van der Waals surface area contributed by atoms with E-state index in [9.17, 15) is 9.59 Å².